The Morgan fingerprint density at radius 2 is 1.94 bits per heavy atom. The predicted octanol–water partition coefficient (Wildman–Crippen LogP) is 6.09. The van der Waals surface area contributed by atoms with E-state index in [1.54, 1.807) is 0 Å². The Morgan fingerprint density at radius 3 is 2.59 bits per heavy atom. The molecule has 0 amide bonds. The number of aliphatic hydroxyl groups excluding tert-OH is 1. The van der Waals surface area contributed by atoms with Crippen molar-refractivity contribution in [1.82, 2.24) is 4.90 Å². The van der Waals surface area contributed by atoms with Gasteiger partial charge in [0, 0.05) is 25.0 Å². The lowest BCUT2D eigenvalue weighted by Gasteiger charge is -2.46. The largest absolute Gasteiger partial charge is 0.512 e. The van der Waals surface area contributed by atoms with Crippen LogP contribution in [0.5, 0.6) is 0 Å². The molecule has 1 aromatic rings. The van der Waals surface area contributed by atoms with E-state index in [4.69, 9.17) is 5.73 Å². The SMILES string of the molecule is C=CCN(C)Cc1ccc2c(c1C)C(=C)C1=C(C)C3CC(C(C)(C)N)=C(O)CC3CC1C2. The third-order valence-corrected chi connectivity index (χ3v) is 8.19. The van der Waals surface area contributed by atoms with Crippen LogP contribution in [0.4, 0.5) is 0 Å². The van der Waals surface area contributed by atoms with Crippen LogP contribution in [0.1, 0.15) is 62.3 Å². The van der Waals surface area contributed by atoms with Crippen LogP contribution in [0.2, 0.25) is 0 Å². The Balaban J connectivity index is 1.71. The third-order valence-electron chi connectivity index (χ3n) is 8.19. The molecule has 0 aliphatic heterocycles. The van der Waals surface area contributed by atoms with Gasteiger partial charge in [0.25, 0.3) is 0 Å². The lowest BCUT2D eigenvalue weighted by molar-refractivity contribution is 0.210. The normalized spacial score (nSPS) is 25.6. The average molecular weight is 433 g/mol. The van der Waals surface area contributed by atoms with E-state index in [-0.39, 0.29) is 0 Å². The quantitative estimate of drug-likeness (QED) is 0.553. The molecule has 3 aliphatic carbocycles. The zero-order chi connectivity index (χ0) is 23.4. The van der Waals surface area contributed by atoms with E-state index in [9.17, 15) is 5.11 Å². The van der Waals surface area contributed by atoms with Crippen LogP contribution in [-0.4, -0.2) is 29.1 Å². The van der Waals surface area contributed by atoms with Gasteiger partial charge in [-0.3, -0.25) is 4.90 Å². The van der Waals surface area contributed by atoms with Crippen molar-refractivity contribution in [3.8, 4) is 0 Å². The first kappa shape index (κ1) is 23.1. The number of benzene rings is 1. The van der Waals surface area contributed by atoms with Crippen LogP contribution in [-0.2, 0) is 13.0 Å². The molecule has 3 aliphatic rings. The van der Waals surface area contributed by atoms with Crippen molar-refractivity contribution < 1.29 is 5.11 Å². The van der Waals surface area contributed by atoms with Gasteiger partial charge in [-0.1, -0.05) is 30.4 Å². The van der Waals surface area contributed by atoms with Gasteiger partial charge in [0.05, 0.1) is 5.76 Å². The van der Waals surface area contributed by atoms with Gasteiger partial charge < -0.3 is 10.8 Å². The number of allylic oxidation sites excluding steroid dienone is 4. The Morgan fingerprint density at radius 1 is 1.22 bits per heavy atom. The van der Waals surface area contributed by atoms with Gasteiger partial charge in [0.2, 0.25) is 0 Å². The molecular weight excluding hydrogens is 392 g/mol. The molecule has 0 saturated heterocycles. The summed E-state index contributed by atoms with van der Waals surface area (Å²) in [7, 11) is 2.14. The van der Waals surface area contributed by atoms with E-state index < -0.39 is 5.54 Å². The molecule has 4 rings (SSSR count). The van der Waals surface area contributed by atoms with E-state index in [1.165, 1.54) is 39.0 Å². The first-order valence-electron chi connectivity index (χ1n) is 12.0. The highest BCUT2D eigenvalue weighted by Gasteiger charge is 2.43. The summed E-state index contributed by atoms with van der Waals surface area (Å²) in [5.41, 5.74) is 16.7. The topological polar surface area (TPSA) is 49.5 Å². The summed E-state index contributed by atoms with van der Waals surface area (Å²) in [6.07, 6.45) is 5.79. The standard InChI is InChI=1S/C29H40N2O/c1-8-11-31(7)16-21-10-9-20-12-23-13-22-14-26(32)25(29(5,6)30)15-24(22)18(3)28(23)19(4)27(20)17(21)2/h8-10,22-24,32H,1,4,11-16,30H2,2-3,5-7H3. The highest BCUT2D eigenvalue weighted by atomic mass is 16.3. The first-order chi connectivity index (χ1) is 15.0. The highest BCUT2D eigenvalue weighted by Crippen LogP contribution is 2.54. The van der Waals surface area contributed by atoms with E-state index in [1.807, 2.05) is 19.9 Å². The summed E-state index contributed by atoms with van der Waals surface area (Å²) < 4.78 is 0. The molecule has 0 spiro atoms. The van der Waals surface area contributed by atoms with Gasteiger partial charge in [-0.05, 0) is 111 Å². The molecule has 32 heavy (non-hydrogen) atoms. The number of likely N-dealkylation sites (N-methyl/N-ethyl adjacent to an activating group) is 1. The fourth-order valence-corrected chi connectivity index (χ4v) is 6.63. The molecule has 3 N–H and O–H groups in total. The van der Waals surface area contributed by atoms with E-state index in [2.05, 4.69) is 51.1 Å². The number of aliphatic hydroxyl groups is 1. The maximum Gasteiger partial charge on any atom is 0.0936 e. The Kier molecular flexibility index (Phi) is 6.02. The van der Waals surface area contributed by atoms with Gasteiger partial charge in [0.1, 0.15) is 0 Å². The average Bonchev–Trinajstić information content (AvgIpc) is 2.68. The van der Waals surface area contributed by atoms with E-state index in [0.29, 0.717) is 23.5 Å². The van der Waals surface area contributed by atoms with Crippen LogP contribution in [0.25, 0.3) is 5.57 Å². The van der Waals surface area contributed by atoms with Crippen LogP contribution in [0.15, 0.2) is 53.8 Å². The third kappa shape index (κ3) is 3.91. The summed E-state index contributed by atoms with van der Waals surface area (Å²) in [5.74, 6) is 1.99. The van der Waals surface area contributed by atoms with Gasteiger partial charge in [-0.2, -0.15) is 0 Å². The molecule has 3 atom stereocenters. The fraction of sp³-hybridized carbons (Fsp3) is 0.517. The Bertz CT molecular complexity index is 1020. The summed E-state index contributed by atoms with van der Waals surface area (Å²) >= 11 is 0. The Hall–Kier alpha value is -2.10. The highest BCUT2D eigenvalue weighted by molar-refractivity contribution is 5.85. The van der Waals surface area contributed by atoms with Crippen molar-refractivity contribution in [2.75, 3.05) is 13.6 Å². The second-order valence-electron chi connectivity index (χ2n) is 11.0. The Labute approximate surface area is 194 Å². The molecule has 0 bridgehead atoms. The number of hydrogen-bond donors (Lipinski definition) is 2. The van der Waals surface area contributed by atoms with E-state index in [0.717, 1.165) is 44.3 Å². The molecular formula is C29H40N2O. The molecule has 0 aromatic heterocycles. The fourth-order valence-electron chi connectivity index (χ4n) is 6.63. The summed E-state index contributed by atoms with van der Waals surface area (Å²) in [6, 6.07) is 4.63. The molecule has 0 fully saturated rings. The second-order valence-corrected chi connectivity index (χ2v) is 11.0. The second kappa shape index (κ2) is 8.35. The first-order valence-corrected chi connectivity index (χ1v) is 12.0. The number of fused-ring (bicyclic) bond motifs is 3. The molecule has 3 heteroatoms. The summed E-state index contributed by atoms with van der Waals surface area (Å²) in [5, 5.41) is 10.8. The molecule has 1 aromatic carbocycles. The van der Waals surface area contributed by atoms with Crippen LogP contribution in [0.3, 0.4) is 0 Å². The lowest BCUT2D eigenvalue weighted by atomic mass is 9.59. The molecule has 0 heterocycles. The molecule has 3 unspecified atom stereocenters. The lowest BCUT2D eigenvalue weighted by Crippen LogP contribution is -2.41. The van der Waals surface area contributed by atoms with Crippen molar-refractivity contribution >= 4 is 5.57 Å². The minimum absolute atomic E-state index is 0.454. The van der Waals surface area contributed by atoms with Crippen molar-refractivity contribution in [3.05, 3.63) is 76.1 Å². The maximum absolute atomic E-state index is 10.8. The number of nitrogens with two attached hydrogens (primary N) is 1. The predicted molar refractivity (Wildman–Crippen MR) is 135 cm³/mol. The van der Waals surface area contributed by atoms with Gasteiger partial charge in [0.15, 0.2) is 0 Å². The smallest absolute Gasteiger partial charge is 0.0936 e. The zero-order valence-corrected chi connectivity index (χ0v) is 20.6. The van der Waals surface area contributed by atoms with E-state index >= 15 is 0 Å². The molecule has 0 saturated carbocycles. The van der Waals surface area contributed by atoms with Crippen LogP contribution in [0, 0.1) is 24.7 Å². The van der Waals surface area contributed by atoms with Crippen LogP contribution >= 0.6 is 0 Å². The van der Waals surface area contributed by atoms with Gasteiger partial charge in [-0.15, -0.1) is 6.58 Å². The zero-order valence-electron chi connectivity index (χ0n) is 20.6. The maximum atomic E-state index is 10.8. The number of hydrogen-bond acceptors (Lipinski definition) is 3. The summed E-state index contributed by atoms with van der Waals surface area (Å²) in [4.78, 5) is 2.29. The van der Waals surface area contributed by atoms with Crippen molar-refractivity contribution in [2.24, 2.45) is 23.5 Å². The van der Waals surface area contributed by atoms with Crippen molar-refractivity contribution in [2.45, 2.75) is 65.5 Å². The van der Waals surface area contributed by atoms with Crippen LogP contribution < -0.4 is 5.73 Å². The monoisotopic (exact) mass is 432 g/mol. The molecule has 3 nitrogen and oxygen atoms in total. The minimum atomic E-state index is -0.476. The van der Waals surface area contributed by atoms with Crippen molar-refractivity contribution in [3.63, 3.8) is 0 Å². The minimum Gasteiger partial charge on any atom is -0.512 e. The van der Waals surface area contributed by atoms with Gasteiger partial charge in [-0.25, -0.2) is 0 Å². The number of nitrogens with zero attached hydrogens (tertiary/aromatic N) is 1. The summed E-state index contributed by atoms with van der Waals surface area (Å²) in [6.45, 7) is 18.9. The number of rotatable bonds is 5. The van der Waals surface area contributed by atoms with Crippen molar-refractivity contribution in [1.29, 1.82) is 0 Å². The molecule has 0 radical (unpaired) electrons. The van der Waals surface area contributed by atoms with Gasteiger partial charge >= 0.3 is 0 Å². The molecule has 172 valence electrons.